The van der Waals surface area contributed by atoms with Crippen molar-refractivity contribution < 1.29 is 17.0 Å². The van der Waals surface area contributed by atoms with Gasteiger partial charge < -0.3 is 17.7 Å². The van der Waals surface area contributed by atoms with Gasteiger partial charge in [0.15, 0.2) is 0 Å². The van der Waals surface area contributed by atoms with Crippen LogP contribution in [0.3, 0.4) is 0 Å². The minimum absolute atomic E-state index is 0. The second-order valence-electron chi connectivity index (χ2n) is 8.54. The van der Waals surface area contributed by atoms with Crippen molar-refractivity contribution in [1.82, 2.24) is 4.90 Å². The van der Waals surface area contributed by atoms with Crippen molar-refractivity contribution in [3.05, 3.63) is 48.2 Å². The third-order valence-corrected chi connectivity index (χ3v) is 6.54. The van der Waals surface area contributed by atoms with E-state index in [2.05, 4.69) is 78.5 Å². The number of halogens is 2. The fraction of sp³-hybridized carbons (Fsp3) is 0.652. The van der Waals surface area contributed by atoms with Gasteiger partial charge in [-0.1, -0.05) is 85.5 Å². The van der Waals surface area contributed by atoms with Gasteiger partial charge in [-0.25, -0.2) is 0 Å². The Labute approximate surface area is 191 Å². The fourth-order valence-electron chi connectivity index (χ4n) is 4.87. The molecule has 1 saturated carbocycles. The van der Waals surface area contributed by atoms with Crippen LogP contribution < -0.4 is 0 Å². The first-order valence-electron chi connectivity index (χ1n) is 9.99. The van der Waals surface area contributed by atoms with E-state index in [0.29, 0.717) is 35.4 Å². The summed E-state index contributed by atoms with van der Waals surface area (Å²) in [6.07, 6.45) is 0. The summed E-state index contributed by atoms with van der Waals surface area (Å²) >= 11 is -0.556. The van der Waals surface area contributed by atoms with E-state index < -0.39 is 17.0 Å². The van der Waals surface area contributed by atoms with Crippen molar-refractivity contribution in [1.29, 1.82) is 0 Å². The topological polar surface area (TPSA) is 25.5 Å². The van der Waals surface area contributed by atoms with Crippen LogP contribution in [-0.2, 0) is 17.0 Å². The maximum absolute atomic E-state index is 11.1. The Hall–Kier alpha value is -0.0157. The van der Waals surface area contributed by atoms with Crippen LogP contribution in [0.2, 0.25) is 0 Å². The third-order valence-electron chi connectivity index (χ3n) is 6.54. The van der Waals surface area contributed by atoms with E-state index in [1.165, 1.54) is 5.56 Å². The van der Waals surface area contributed by atoms with Crippen molar-refractivity contribution in [2.45, 2.75) is 73.4 Å². The number of hydrogen-bond acceptors (Lipinski definition) is 0. The van der Waals surface area contributed by atoms with Gasteiger partial charge in [0.25, 0.3) is 0 Å². The van der Waals surface area contributed by atoms with E-state index >= 15 is 0 Å². The molecule has 2 rings (SSSR count). The molecule has 1 aromatic carbocycles. The van der Waals surface area contributed by atoms with Gasteiger partial charge in [0, 0.05) is 0 Å². The van der Waals surface area contributed by atoms with Crippen LogP contribution in [-0.4, -0.2) is 22.8 Å². The van der Waals surface area contributed by atoms with E-state index in [4.69, 9.17) is 18.6 Å². The molecular formula is C23H38Cl2N2Ti-2. The summed E-state index contributed by atoms with van der Waals surface area (Å²) < 4.78 is 0. The molecule has 0 aromatic heterocycles. The standard InChI is InChI=1S/C22H35N2.CH3.2ClH.Ti/c1-13(2)24(14(3)4)22(23)20-12-10-9-11-19(20)21-17(7)15(5)16(6)18(21)8;;;;/h9-18,21H,1-8H3;1H3;2*1H;/q2*-1;;;+2/p-2. The zero-order valence-corrected chi connectivity index (χ0v) is 22.1. The molecule has 0 radical (unpaired) electrons. The molecule has 0 aliphatic heterocycles. The molecule has 1 aliphatic rings. The first-order chi connectivity index (χ1) is 12.6. The van der Waals surface area contributed by atoms with Gasteiger partial charge in [0.05, 0.1) is 0 Å². The second kappa shape index (κ2) is 12.6. The molecule has 5 heteroatoms. The number of amidine groups is 1. The van der Waals surface area contributed by atoms with Crippen LogP contribution in [0, 0.1) is 31.1 Å². The molecule has 2 nitrogen and oxygen atoms in total. The zero-order valence-electron chi connectivity index (χ0n) is 19.0. The minimum atomic E-state index is -0.556. The van der Waals surface area contributed by atoms with Crippen LogP contribution in [0.15, 0.2) is 24.3 Å². The Morgan fingerprint density at radius 2 is 1.29 bits per heavy atom. The Kier molecular flexibility index (Phi) is 12.6. The van der Waals surface area contributed by atoms with E-state index in [-0.39, 0.29) is 19.5 Å². The third kappa shape index (κ3) is 6.24. The quantitative estimate of drug-likeness (QED) is 0.196. The van der Waals surface area contributed by atoms with Crippen LogP contribution in [0.4, 0.5) is 0 Å². The van der Waals surface area contributed by atoms with Gasteiger partial charge >= 0.3 is 35.6 Å². The molecular weight excluding hydrogens is 423 g/mol. The number of nitrogens with zero attached hydrogens (tertiary/aromatic N) is 2. The molecule has 4 unspecified atom stereocenters. The van der Waals surface area contributed by atoms with Crippen molar-refractivity contribution in [2.75, 3.05) is 0 Å². The molecule has 1 aliphatic carbocycles. The molecule has 1 aromatic rings. The van der Waals surface area contributed by atoms with Crippen LogP contribution in [0.25, 0.3) is 5.41 Å². The van der Waals surface area contributed by atoms with Crippen molar-refractivity contribution >= 4 is 24.4 Å². The average Bonchev–Trinajstić information content (AvgIpc) is 2.78. The van der Waals surface area contributed by atoms with E-state index in [9.17, 15) is 5.41 Å². The van der Waals surface area contributed by atoms with Crippen molar-refractivity contribution in [3.8, 4) is 0 Å². The molecule has 1 fully saturated rings. The normalized spacial score (nSPS) is 26.4. The Morgan fingerprint density at radius 1 is 0.893 bits per heavy atom. The average molecular weight is 461 g/mol. The molecule has 0 heterocycles. The number of benzene rings is 1. The zero-order chi connectivity index (χ0) is 20.9. The van der Waals surface area contributed by atoms with Gasteiger partial charge in [-0.2, -0.15) is 0 Å². The van der Waals surface area contributed by atoms with Gasteiger partial charge in [-0.05, 0) is 52.8 Å². The molecule has 0 N–H and O–H groups in total. The first kappa shape index (κ1) is 28.0. The molecule has 4 atom stereocenters. The Morgan fingerprint density at radius 3 is 1.68 bits per heavy atom. The summed E-state index contributed by atoms with van der Waals surface area (Å²) in [6.45, 7) is 18.1. The van der Waals surface area contributed by atoms with Crippen LogP contribution in [0.1, 0.15) is 72.4 Å². The summed E-state index contributed by atoms with van der Waals surface area (Å²) in [4.78, 5) is 2.12. The summed E-state index contributed by atoms with van der Waals surface area (Å²) in [5.41, 5.74) is 2.34. The Bertz CT molecular complexity index is 584. The molecule has 0 bridgehead atoms. The second-order valence-corrected chi connectivity index (χ2v) is 11.1. The fourth-order valence-corrected chi connectivity index (χ4v) is 4.87. The van der Waals surface area contributed by atoms with Gasteiger partial charge in [0.1, 0.15) is 0 Å². The van der Waals surface area contributed by atoms with Crippen LogP contribution >= 0.6 is 18.6 Å². The van der Waals surface area contributed by atoms with Crippen molar-refractivity contribution in [2.24, 2.45) is 23.7 Å². The summed E-state index contributed by atoms with van der Waals surface area (Å²) in [5, 5.41) is 11.1. The molecule has 0 saturated heterocycles. The van der Waals surface area contributed by atoms with Gasteiger partial charge in [0.2, 0.25) is 0 Å². The molecule has 0 spiro atoms. The summed E-state index contributed by atoms with van der Waals surface area (Å²) in [7, 11) is 9.78. The van der Waals surface area contributed by atoms with Gasteiger partial charge in [-0.3, -0.25) is 0 Å². The van der Waals surface area contributed by atoms with Crippen molar-refractivity contribution in [3.63, 3.8) is 0 Å². The first-order valence-corrected chi connectivity index (χ1v) is 14.3. The van der Waals surface area contributed by atoms with Gasteiger partial charge in [-0.15, -0.1) is 0 Å². The summed E-state index contributed by atoms with van der Waals surface area (Å²) in [5.74, 6) is 3.64. The van der Waals surface area contributed by atoms with E-state index in [1.54, 1.807) is 0 Å². The monoisotopic (exact) mass is 460 g/mol. The number of hydrogen-bond donors (Lipinski definition) is 0. The number of rotatable bonds is 4. The predicted octanol–water partition coefficient (Wildman–Crippen LogP) is 7.59. The predicted molar refractivity (Wildman–Crippen MR) is 124 cm³/mol. The SMILES string of the molecule is CC1C(C)C(C)C(c2ccccc2C(=[N-])N(C(C)C)C(C)C)C1C.[CH3-].[Cl][Ti][Cl]. The molecule has 160 valence electrons. The Balaban J connectivity index is 0.00000171. The van der Waals surface area contributed by atoms with E-state index in [1.807, 2.05) is 6.07 Å². The maximum atomic E-state index is 11.1. The summed E-state index contributed by atoms with van der Waals surface area (Å²) in [6, 6.07) is 9.03. The van der Waals surface area contributed by atoms with Crippen LogP contribution in [0.5, 0.6) is 0 Å². The van der Waals surface area contributed by atoms with E-state index in [0.717, 1.165) is 5.56 Å². The molecule has 0 amide bonds. The molecule has 28 heavy (non-hydrogen) atoms.